The van der Waals surface area contributed by atoms with E-state index in [0.717, 1.165) is 25.7 Å². The number of amides is 3. The van der Waals surface area contributed by atoms with E-state index in [1.54, 1.807) is 4.90 Å². The van der Waals surface area contributed by atoms with E-state index in [2.05, 4.69) is 6.92 Å². The van der Waals surface area contributed by atoms with Crippen molar-refractivity contribution in [3.63, 3.8) is 0 Å². The number of unbranched alkanes of at least 4 members (excludes halogenated alkanes) is 3. The molecule has 0 aromatic carbocycles. The van der Waals surface area contributed by atoms with Crippen LogP contribution in [0.15, 0.2) is 24.3 Å². The number of nitrogens with zero attached hydrogens (tertiary/aromatic N) is 3. The normalized spacial score (nSPS) is 32.7. The molecule has 1 unspecified atom stereocenters. The maximum Gasteiger partial charge on any atom is 0.249 e. The number of aliphatic hydroxyl groups excluding tert-OH is 1. The van der Waals surface area contributed by atoms with Gasteiger partial charge in [-0.15, -0.1) is 0 Å². The molecule has 0 bridgehead atoms. The summed E-state index contributed by atoms with van der Waals surface area (Å²) in [7, 11) is 0. The Morgan fingerprint density at radius 2 is 1.68 bits per heavy atom. The third-order valence-electron chi connectivity index (χ3n) is 7.66. The van der Waals surface area contributed by atoms with Crippen LogP contribution in [0.3, 0.4) is 0 Å². The van der Waals surface area contributed by atoms with Gasteiger partial charge in [-0.3, -0.25) is 14.4 Å². The first kappa shape index (κ1) is 24.9. The van der Waals surface area contributed by atoms with Crippen molar-refractivity contribution in [2.24, 2.45) is 11.8 Å². The van der Waals surface area contributed by atoms with Gasteiger partial charge in [-0.05, 0) is 32.1 Å². The summed E-state index contributed by atoms with van der Waals surface area (Å²) in [6, 6.07) is -0.762. The van der Waals surface area contributed by atoms with Gasteiger partial charge >= 0.3 is 0 Å². The Bertz CT molecular complexity index is 842. The van der Waals surface area contributed by atoms with Crippen LogP contribution >= 0.6 is 0 Å². The van der Waals surface area contributed by atoms with Crippen molar-refractivity contribution >= 4 is 17.7 Å². The molecule has 0 aromatic rings. The minimum Gasteiger partial charge on any atom is -0.396 e. The fourth-order valence-corrected chi connectivity index (χ4v) is 6.07. The van der Waals surface area contributed by atoms with Gasteiger partial charge in [0.2, 0.25) is 17.7 Å². The van der Waals surface area contributed by atoms with Crippen molar-refractivity contribution < 1.29 is 24.2 Å². The molecular weight excluding hydrogens is 434 g/mol. The number of carbonyl (C=O) groups excluding carboxylic acids is 3. The maximum absolute atomic E-state index is 14.0. The van der Waals surface area contributed by atoms with Crippen LogP contribution in [-0.2, 0) is 19.1 Å². The Morgan fingerprint density at radius 1 is 0.912 bits per heavy atom. The molecule has 4 heterocycles. The molecule has 4 aliphatic rings. The van der Waals surface area contributed by atoms with E-state index in [-0.39, 0.29) is 24.3 Å². The smallest absolute Gasteiger partial charge is 0.249 e. The van der Waals surface area contributed by atoms with Crippen LogP contribution in [0.2, 0.25) is 0 Å². The molecule has 3 amide bonds. The lowest BCUT2D eigenvalue weighted by atomic mass is 9.77. The fourth-order valence-electron chi connectivity index (χ4n) is 6.07. The van der Waals surface area contributed by atoms with E-state index in [1.165, 1.54) is 0 Å². The Hall–Kier alpha value is -2.19. The molecular formula is C26H39N3O5. The SMILES string of the molecule is CCCCN1CC=C[C@]23O[C@@H]4C=CCN(CCC)C(=O)[C@@H]4[C@H]2C(=O)N(CCCCCO)C3C1=O. The van der Waals surface area contributed by atoms with Crippen molar-refractivity contribution in [1.82, 2.24) is 14.7 Å². The fraction of sp³-hybridized carbons (Fsp3) is 0.731. The van der Waals surface area contributed by atoms with E-state index >= 15 is 0 Å². The first-order chi connectivity index (χ1) is 16.5. The summed E-state index contributed by atoms with van der Waals surface area (Å²) in [5, 5.41) is 9.16. The molecule has 8 heteroatoms. The molecule has 0 aromatic heterocycles. The lowest BCUT2D eigenvalue weighted by Crippen LogP contribution is -2.55. The van der Waals surface area contributed by atoms with Gasteiger partial charge in [0.25, 0.3) is 0 Å². The van der Waals surface area contributed by atoms with Crippen molar-refractivity contribution in [1.29, 1.82) is 0 Å². The van der Waals surface area contributed by atoms with E-state index < -0.39 is 29.6 Å². The summed E-state index contributed by atoms with van der Waals surface area (Å²) in [6.45, 7) is 6.94. The summed E-state index contributed by atoms with van der Waals surface area (Å²) in [4.78, 5) is 46.8. The third kappa shape index (κ3) is 4.19. The Balaban J connectivity index is 1.71. The van der Waals surface area contributed by atoms with E-state index in [9.17, 15) is 14.4 Å². The average molecular weight is 474 g/mol. The molecule has 1 spiro atoms. The van der Waals surface area contributed by atoms with Gasteiger partial charge in [0.15, 0.2) is 0 Å². The molecule has 5 atom stereocenters. The molecule has 0 saturated carbocycles. The number of carbonyl (C=O) groups is 3. The number of ether oxygens (including phenoxy) is 1. The van der Waals surface area contributed by atoms with Gasteiger partial charge in [0.05, 0.1) is 17.9 Å². The summed E-state index contributed by atoms with van der Waals surface area (Å²) in [5.41, 5.74) is -1.13. The van der Waals surface area contributed by atoms with Crippen LogP contribution in [-0.4, -0.2) is 94.6 Å². The van der Waals surface area contributed by atoms with Crippen LogP contribution in [0.1, 0.15) is 52.4 Å². The van der Waals surface area contributed by atoms with Gasteiger partial charge in [0, 0.05) is 39.3 Å². The lowest BCUT2D eigenvalue weighted by molar-refractivity contribution is -0.148. The van der Waals surface area contributed by atoms with Crippen LogP contribution in [0.4, 0.5) is 0 Å². The standard InChI is InChI=1S/C26H39N3O5/c1-3-5-14-28-16-10-12-26-21(20-19(34-26)11-9-15-27(13-4-2)23(20)31)24(32)29(22(26)25(28)33)17-7-6-8-18-30/h9-12,19-22,30H,3-8,13-18H2,1-2H3/t19-,20+,21+,22?,26+/m1/s1. The molecule has 4 aliphatic heterocycles. The number of rotatable bonds is 10. The van der Waals surface area contributed by atoms with E-state index in [0.29, 0.717) is 45.6 Å². The van der Waals surface area contributed by atoms with Crippen LogP contribution in [0.5, 0.6) is 0 Å². The molecule has 34 heavy (non-hydrogen) atoms. The van der Waals surface area contributed by atoms with E-state index in [4.69, 9.17) is 9.84 Å². The minimum absolute atomic E-state index is 0.0547. The van der Waals surface area contributed by atoms with Crippen LogP contribution in [0.25, 0.3) is 0 Å². The zero-order valence-corrected chi connectivity index (χ0v) is 20.5. The summed E-state index contributed by atoms with van der Waals surface area (Å²) in [5.74, 6) is -1.63. The van der Waals surface area contributed by atoms with Gasteiger partial charge < -0.3 is 24.5 Å². The molecule has 4 rings (SSSR count). The van der Waals surface area contributed by atoms with Gasteiger partial charge in [-0.1, -0.05) is 44.6 Å². The highest BCUT2D eigenvalue weighted by Crippen LogP contribution is 2.53. The summed E-state index contributed by atoms with van der Waals surface area (Å²) >= 11 is 0. The highest BCUT2D eigenvalue weighted by Gasteiger charge is 2.71. The molecule has 188 valence electrons. The summed E-state index contributed by atoms with van der Waals surface area (Å²) < 4.78 is 6.62. The van der Waals surface area contributed by atoms with Crippen molar-refractivity contribution in [2.45, 2.75) is 70.1 Å². The quantitative estimate of drug-likeness (QED) is 0.386. The first-order valence-corrected chi connectivity index (χ1v) is 13.0. The predicted octanol–water partition coefficient (Wildman–Crippen LogP) is 1.74. The molecule has 1 N–H and O–H groups in total. The predicted molar refractivity (Wildman–Crippen MR) is 128 cm³/mol. The third-order valence-corrected chi connectivity index (χ3v) is 7.66. The molecule has 2 saturated heterocycles. The maximum atomic E-state index is 14.0. The topological polar surface area (TPSA) is 90.4 Å². The number of hydrogen-bond donors (Lipinski definition) is 1. The highest BCUT2D eigenvalue weighted by atomic mass is 16.5. The zero-order chi connectivity index (χ0) is 24.3. The molecule has 2 fully saturated rings. The number of hydrogen-bond acceptors (Lipinski definition) is 5. The second-order valence-electron chi connectivity index (χ2n) is 9.91. The molecule has 0 radical (unpaired) electrons. The number of likely N-dealkylation sites (tertiary alicyclic amines) is 1. The van der Waals surface area contributed by atoms with Crippen molar-refractivity contribution in [3.05, 3.63) is 24.3 Å². The monoisotopic (exact) mass is 473 g/mol. The first-order valence-electron chi connectivity index (χ1n) is 13.0. The van der Waals surface area contributed by atoms with Crippen molar-refractivity contribution in [2.75, 3.05) is 39.3 Å². The largest absolute Gasteiger partial charge is 0.396 e. The lowest BCUT2D eigenvalue weighted by Gasteiger charge is -2.35. The number of aliphatic hydroxyl groups is 1. The van der Waals surface area contributed by atoms with Gasteiger partial charge in [-0.2, -0.15) is 0 Å². The second-order valence-corrected chi connectivity index (χ2v) is 9.91. The van der Waals surface area contributed by atoms with Crippen LogP contribution in [0, 0.1) is 11.8 Å². The van der Waals surface area contributed by atoms with Gasteiger partial charge in [0.1, 0.15) is 11.6 Å². The Labute approximate surface area is 202 Å². The van der Waals surface area contributed by atoms with Crippen LogP contribution < -0.4 is 0 Å². The number of fused-ring (bicyclic) bond motifs is 2. The Morgan fingerprint density at radius 3 is 2.41 bits per heavy atom. The minimum atomic E-state index is -1.13. The van der Waals surface area contributed by atoms with Gasteiger partial charge in [-0.25, -0.2) is 0 Å². The molecule has 0 aliphatic carbocycles. The average Bonchev–Trinajstić information content (AvgIpc) is 3.14. The van der Waals surface area contributed by atoms with E-state index in [1.807, 2.05) is 41.0 Å². The second kappa shape index (κ2) is 10.6. The molecule has 8 nitrogen and oxygen atoms in total. The zero-order valence-electron chi connectivity index (χ0n) is 20.5. The Kier molecular flexibility index (Phi) is 7.77. The van der Waals surface area contributed by atoms with Crippen molar-refractivity contribution in [3.8, 4) is 0 Å². The highest BCUT2D eigenvalue weighted by molar-refractivity contribution is 5.99. The summed E-state index contributed by atoms with van der Waals surface area (Å²) in [6.07, 6.45) is 12.1.